The van der Waals surface area contributed by atoms with Crippen LogP contribution >= 0.6 is 0 Å². The third-order valence-electron chi connectivity index (χ3n) is 4.99. The Labute approximate surface area is 157 Å². The zero-order valence-electron chi connectivity index (χ0n) is 15.0. The summed E-state index contributed by atoms with van der Waals surface area (Å²) in [4.78, 5) is 9.11. The first-order valence-electron chi connectivity index (χ1n) is 9.41. The van der Waals surface area contributed by atoms with E-state index >= 15 is 0 Å². The standard InChI is InChI=1S/C20H22N6O/c1-2-6-15(5-1)27-19-17-11-18(23-12-22-17)25-20(26-19)24-14-7-8-16-13(10-14)4-3-9-21-16/h3-4,7-11,15,22-23H,1-2,5-6,12H2,(H2,24,25,26). The van der Waals surface area contributed by atoms with Gasteiger partial charge in [-0.15, -0.1) is 0 Å². The number of aliphatic imine (C=N–C) groups is 1. The van der Waals surface area contributed by atoms with E-state index in [9.17, 15) is 0 Å². The summed E-state index contributed by atoms with van der Waals surface area (Å²) in [7, 11) is 0. The molecule has 2 bridgehead atoms. The predicted octanol–water partition coefficient (Wildman–Crippen LogP) is 2.73. The summed E-state index contributed by atoms with van der Waals surface area (Å²) >= 11 is 0. The van der Waals surface area contributed by atoms with Gasteiger partial charge in [0.1, 0.15) is 17.6 Å². The van der Waals surface area contributed by atoms with E-state index in [1.165, 1.54) is 12.8 Å². The van der Waals surface area contributed by atoms with Crippen LogP contribution in [0, 0.1) is 0 Å². The minimum Gasteiger partial charge on any atom is -0.473 e. The number of guanidine groups is 1. The number of rotatable bonds is 3. The third-order valence-corrected chi connectivity index (χ3v) is 4.99. The lowest BCUT2D eigenvalue weighted by Gasteiger charge is -2.20. The molecule has 0 saturated heterocycles. The van der Waals surface area contributed by atoms with Crippen LogP contribution in [0.1, 0.15) is 25.7 Å². The summed E-state index contributed by atoms with van der Waals surface area (Å²) in [6.45, 7) is 0.635. The molecule has 4 N–H and O–H groups in total. The fourth-order valence-electron chi connectivity index (χ4n) is 3.62. The SMILES string of the molecule is C1=C2NCNC1=C(OC1CCCC1)N=C(Nc1ccc3ncccc3c1)N2. The van der Waals surface area contributed by atoms with Crippen LogP contribution < -0.4 is 21.3 Å². The number of anilines is 1. The zero-order valence-corrected chi connectivity index (χ0v) is 15.0. The van der Waals surface area contributed by atoms with Gasteiger partial charge >= 0.3 is 0 Å². The number of ether oxygens (including phenoxy) is 1. The van der Waals surface area contributed by atoms with Gasteiger partial charge in [0.2, 0.25) is 11.8 Å². The average molecular weight is 362 g/mol. The maximum atomic E-state index is 6.22. The van der Waals surface area contributed by atoms with Crippen molar-refractivity contribution in [2.24, 2.45) is 4.99 Å². The predicted molar refractivity (Wildman–Crippen MR) is 106 cm³/mol. The topological polar surface area (TPSA) is 82.6 Å². The Hall–Kier alpha value is -3.22. The molecule has 0 spiro atoms. The number of hydrogen-bond donors (Lipinski definition) is 4. The molecule has 7 nitrogen and oxygen atoms in total. The van der Waals surface area contributed by atoms with Gasteiger partial charge in [0, 0.05) is 23.3 Å². The Kier molecular flexibility index (Phi) is 4.04. The number of benzene rings is 1. The minimum absolute atomic E-state index is 0.246. The highest BCUT2D eigenvalue weighted by Crippen LogP contribution is 2.26. The maximum Gasteiger partial charge on any atom is 0.241 e. The van der Waals surface area contributed by atoms with E-state index in [0.29, 0.717) is 18.5 Å². The molecule has 3 aliphatic rings. The van der Waals surface area contributed by atoms with Crippen LogP contribution in [0.5, 0.6) is 0 Å². The molecule has 5 rings (SSSR count). The van der Waals surface area contributed by atoms with Gasteiger partial charge in [-0.2, -0.15) is 4.99 Å². The molecular weight excluding hydrogens is 340 g/mol. The molecule has 0 atom stereocenters. The molecule has 2 aliphatic heterocycles. The fraction of sp³-hybridized carbons (Fsp3) is 0.300. The van der Waals surface area contributed by atoms with Crippen molar-refractivity contribution < 1.29 is 4.74 Å². The molecule has 0 amide bonds. The van der Waals surface area contributed by atoms with Gasteiger partial charge in [0.15, 0.2) is 0 Å². The van der Waals surface area contributed by atoms with Crippen molar-refractivity contribution in [3.05, 3.63) is 60.0 Å². The van der Waals surface area contributed by atoms with Crippen LogP contribution in [0.4, 0.5) is 5.69 Å². The number of aromatic nitrogens is 1. The molecule has 1 aromatic carbocycles. The molecule has 1 saturated carbocycles. The summed E-state index contributed by atoms with van der Waals surface area (Å²) < 4.78 is 6.22. The third kappa shape index (κ3) is 3.40. The Morgan fingerprint density at radius 3 is 2.96 bits per heavy atom. The van der Waals surface area contributed by atoms with E-state index in [0.717, 1.165) is 40.9 Å². The molecule has 27 heavy (non-hydrogen) atoms. The van der Waals surface area contributed by atoms with Crippen LogP contribution in [-0.2, 0) is 4.74 Å². The second kappa shape index (κ2) is 6.83. The van der Waals surface area contributed by atoms with E-state index < -0.39 is 0 Å². The summed E-state index contributed by atoms with van der Waals surface area (Å²) in [5.41, 5.74) is 2.82. The molecule has 3 heterocycles. The Morgan fingerprint density at radius 1 is 1.11 bits per heavy atom. The molecular formula is C20H22N6O. The first kappa shape index (κ1) is 16.0. The number of nitrogens with zero attached hydrogens (tertiary/aromatic N) is 2. The number of allylic oxidation sites excluding steroid dienone is 1. The maximum absolute atomic E-state index is 6.22. The fourth-order valence-corrected chi connectivity index (χ4v) is 3.62. The smallest absolute Gasteiger partial charge is 0.241 e. The molecule has 1 aliphatic carbocycles. The summed E-state index contributed by atoms with van der Waals surface area (Å²) in [5.74, 6) is 2.15. The lowest BCUT2D eigenvalue weighted by atomic mass is 10.2. The van der Waals surface area contributed by atoms with Gasteiger partial charge in [-0.25, -0.2) is 0 Å². The van der Waals surface area contributed by atoms with Crippen molar-refractivity contribution in [2.45, 2.75) is 31.8 Å². The number of hydrogen-bond acceptors (Lipinski definition) is 7. The second-order valence-corrected chi connectivity index (χ2v) is 6.95. The van der Waals surface area contributed by atoms with Crippen LogP contribution in [0.2, 0.25) is 0 Å². The summed E-state index contributed by atoms with van der Waals surface area (Å²) in [5, 5.41) is 14.3. The van der Waals surface area contributed by atoms with E-state index in [2.05, 4.69) is 32.3 Å². The van der Waals surface area contributed by atoms with E-state index in [-0.39, 0.29) is 6.10 Å². The van der Waals surface area contributed by atoms with Crippen LogP contribution in [-0.4, -0.2) is 23.7 Å². The highest BCUT2D eigenvalue weighted by Gasteiger charge is 2.23. The number of fused-ring (bicyclic) bond motifs is 2. The van der Waals surface area contributed by atoms with Gasteiger partial charge < -0.3 is 26.0 Å². The zero-order chi connectivity index (χ0) is 18.1. The van der Waals surface area contributed by atoms with Crippen LogP contribution in [0.25, 0.3) is 10.9 Å². The molecule has 0 radical (unpaired) electrons. The van der Waals surface area contributed by atoms with Crippen molar-refractivity contribution in [2.75, 3.05) is 12.0 Å². The second-order valence-electron chi connectivity index (χ2n) is 6.95. The summed E-state index contributed by atoms with van der Waals surface area (Å²) in [6.07, 6.45) is 8.68. The molecule has 138 valence electrons. The van der Waals surface area contributed by atoms with Gasteiger partial charge in [-0.1, -0.05) is 6.07 Å². The first-order chi connectivity index (χ1) is 13.3. The Morgan fingerprint density at radius 2 is 2.04 bits per heavy atom. The van der Waals surface area contributed by atoms with E-state index in [1.54, 1.807) is 6.20 Å². The van der Waals surface area contributed by atoms with Crippen molar-refractivity contribution in [3.63, 3.8) is 0 Å². The van der Waals surface area contributed by atoms with E-state index in [4.69, 9.17) is 9.73 Å². The number of nitrogens with one attached hydrogen (secondary N) is 4. The van der Waals surface area contributed by atoms with Crippen molar-refractivity contribution in [1.29, 1.82) is 0 Å². The largest absolute Gasteiger partial charge is 0.473 e. The lowest BCUT2D eigenvalue weighted by Crippen LogP contribution is -2.40. The van der Waals surface area contributed by atoms with E-state index in [1.807, 2.05) is 30.3 Å². The van der Waals surface area contributed by atoms with Gasteiger partial charge in [-0.3, -0.25) is 4.98 Å². The Balaban J connectivity index is 1.44. The highest BCUT2D eigenvalue weighted by molar-refractivity contribution is 5.97. The highest BCUT2D eigenvalue weighted by atomic mass is 16.5. The number of pyridine rings is 1. The van der Waals surface area contributed by atoms with Crippen LogP contribution in [0.15, 0.2) is 65.0 Å². The molecule has 1 fully saturated rings. The molecule has 2 aromatic rings. The lowest BCUT2D eigenvalue weighted by molar-refractivity contribution is 0.117. The van der Waals surface area contributed by atoms with Crippen LogP contribution in [0.3, 0.4) is 0 Å². The average Bonchev–Trinajstić information content (AvgIpc) is 3.17. The molecule has 7 heteroatoms. The van der Waals surface area contributed by atoms with Gasteiger partial charge in [-0.05, 0) is 49.9 Å². The summed E-state index contributed by atoms with van der Waals surface area (Å²) in [6, 6.07) is 10.1. The quantitative estimate of drug-likeness (QED) is 0.672. The van der Waals surface area contributed by atoms with Crippen molar-refractivity contribution in [3.8, 4) is 0 Å². The first-order valence-corrected chi connectivity index (χ1v) is 9.41. The molecule has 1 aromatic heterocycles. The normalized spacial score (nSPS) is 19.4. The molecule has 0 unspecified atom stereocenters. The van der Waals surface area contributed by atoms with Crippen molar-refractivity contribution in [1.82, 2.24) is 20.9 Å². The van der Waals surface area contributed by atoms with Gasteiger partial charge in [0.25, 0.3) is 0 Å². The monoisotopic (exact) mass is 362 g/mol. The van der Waals surface area contributed by atoms with Crippen molar-refractivity contribution >= 4 is 22.5 Å². The Bertz CT molecular complexity index is 958. The minimum atomic E-state index is 0.246. The van der Waals surface area contributed by atoms with Gasteiger partial charge in [0.05, 0.1) is 12.2 Å².